The molecule has 3 fully saturated rings. The Morgan fingerprint density at radius 1 is 1.30 bits per heavy atom. The van der Waals surface area contributed by atoms with Crippen molar-refractivity contribution < 1.29 is 30.0 Å². The van der Waals surface area contributed by atoms with Gasteiger partial charge in [0.1, 0.15) is 6.61 Å². The summed E-state index contributed by atoms with van der Waals surface area (Å²) in [5.74, 6) is -1.09. The highest BCUT2D eigenvalue weighted by Crippen LogP contribution is 2.67. The number of hydrogen-bond acceptors (Lipinski definition) is 6. The molecule has 4 N–H and O–H groups in total. The van der Waals surface area contributed by atoms with Crippen molar-refractivity contribution in [3.8, 4) is 0 Å². The van der Waals surface area contributed by atoms with Crippen LogP contribution in [0.25, 0.3) is 0 Å². The average molecular weight is 376 g/mol. The summed E-state index contributed by atoms with van der Waals surface area (Å²) in [5.41, 5.74) is -2.46. The number of ketones is 2. The topological polar surface area (TPSA) is 115 Å². The van der Waals surface area contributed by atoms with Crippen molar-refractivity contribution in [2.75, 3.05) is 6.61 Å². The molecule has 6 heteroatoms. The smallest absolute Gasteiger partial charge is 0.192 e. The minimum atomic E-state index is -2.05. The molecule has 0 aromatic carbocycles. The molecule has 148 valence electrons. The van der Waals surface area contributed by atoms with Gasteiger partial charge in [-0.15, -0.1) is 0 Å². The van der Waals surface area contributed by atoms with Gasteiger partial charge in [-0.1, -0.05) is 25.5 Å². The lowest BCUT2D eigenvalue weighted by molar-refractivity contribution is -0.190. The third-order valence-corrected chi connectivity index (χ3v) is 8.28. The van der Waals surface area contributed by atoms with Crippen LogP contribution in [0, 0.1) is 28.6 Å². The Bertz CT molecular complexity index is 756. The van der Waals surface area contributed by atoms with Crippen molar-refractivity contribution in [1.29, 1.82) is 0 Å². The van der Waals surface area contributed by atoms with E-state index in [0.29, 0.717) is 0 Å². The number of fused-ring (bicyclic) bond motifs is 5. The second-order valence-electron chi connectivity index (χ2n) is 9.31. The van der Waals surface area contributed by atoms with E-state index in [4.69, 9.17) is 0 Å². The monoisotopic (exact) mass is 376 g/mol. The molecule has 27 heavy (non-hydrogen) atoms. The first kappa shape index (κ1) is 19.0. The molecule has 0 saturated heterocycles. The van der Waals surface area contributed by atoms with Crippen molar-refractivity contribution in [2.24, 2.45) is 28.6 Å². The van der Waals surface area contributed by atoms with Crippen LogP contribution in [0.2, 0.25) is 0 Å². The van der Waals surface area contributed by atoms with Gasteiger partial charge in [0.05, 0.1) is 12.2 Å². The second kappa shape index (κ2) is 5.83. The fourth-order valence-corrected chi connectivity index (χ4v) is 6.96. The quantitative estimate of drug-likeness (QED) is 0.559. The van der Waals surface area contributed by atoms with Gasteiger partial charge in [-0.05, 0) is 49.7 Å². The summed E-state index contributed by atoms with van der Waals surface area (Å²) in [5, 5.41) is 42.3. The lowest BCUT2D eigenvalue weighted by atomic mass is 9.46. The Kier molecular flexibility index (Phi) is 4.10. The van der Waals surface area contributed by atoms with E-state index in [1.165, 1.54) is 0 Å². The van der Waals surface area contributed by atoms with Crippen molar-refractivity contribution in [2.45, 2.75) is 57.3 Å². The van der Waals surface area contributed by atoms with E-state index < -0.39 is 41.0 Å². The minimum absolute atomic E-state index is 0.00826. The Morgan fingerprint density at radius 2 is 2.00 bits per heavy atom. The van der Waals surface area contributed by atoms with Crippen molar-refractivity contribution in [3.63, 3.8) is 0 Å². The number of carbonyl (C=O) groups excluding carboxylic acids is 2. The van der Waals surface area contributed by atoms with Gasteiger partial charge < -0.3 is 20.4 Å². The first-order chi connectivity index (χ1) is 12.6. The molecule has 4 aliphatic carbocycles. The van der Waals surface area contributed by atoms with Crippen LogP contribution < -0.4 is 0 Å². The zero-order valence-corrected chi connectivity index (χ0v) is 15.8. The van der Waals surface area contributed by atoms with Crippen LogP contribution in [-0.2, 0) is 9.59 Å². The summed E-state index contributed by atoms with van der Waals surface area (Å²) in [6.07, 6.45) is 4.97. The Labute approximate surface area is 158 Å². The fourth-order valence-electron chi connectivity index (χ4n) is 6.96. The largest absolute Gasteiger partial charge is 0.393 e. The van der Waals surface area contributed by atoms with E-state index in [0.717, 1.165) is 18.4 Å². The van der Waals surface area contributed by atoms with Crippen LogP contribution in [0.15, 0.2) is 23.8 Å². The van der Waals surface area contributed by atoms with Crippen LogP contribution in [-0.4, -0.2) is 56.4 Å². The molecular formula is C21H28O6. The molecule has 0 radical (unpaired) electrons. The number of hydrogen-bond donors (Lipinski definition) is 4. The van der Waals surface area contributed by atoms with E-state index in [9.17, 15) is 30.0 Å². The molecule has 0 aromatic heterocycles. The third-order valence-electron chi connectivity index (χ3n) is 8.28. The molecule has 0 amide bonds. The first-order valence-electron chi connectivity index (χ1n) is 9.76. The van der Waals surface area contributed by atoms with Crippen LogP contribution in [0.3, 0.4) is 0 Å². The lowest BCUT2D eigenvalue weighted by Gasteiger charge is -2.59. The standard InChI is InChI=1S/C21H28O6/c1-19-6-5-12(23)7-11(19)3-4-13-14-8-16(25)21(27,17(26)10-22)20(14,2)9-15(24)18(13)19/h5-7,13-16,18,22,24-25,27H,3-4,8-10H2,1-2H3/t13-,14+,15-,16+,18+,19-,20+,21-/m0/s1. The summed E-state index contributed by atoms with van der Waals surface area (Å²) in [6, 6.07) is 0. The van der Waals surface area contributed by atoms with Gasteiger partial charge in [-0.3, -0.25) is 9.59 Å². The van der Waals surface area contributed by atoms with Crippen molar-refractivity contribution >= 4 is 11.6 Å². The highest BCUT2D eigenvalue weighted by atomic mass is 16.4. The summed E-state index contributed by atoms with van der Waals surface area (Å²) in [6.45, 7) is 2.96. The molecule has 0 bridgehead atoms. The summed E-state index contributed by atoms with van der Waals surface area (Å²) in [4.78, 5) is 24.2. The van der Waals surface area contributed by atoms with Crippen molar-refractivity contribution in [3.05, 3.63) is 23.8 Å². The van der Waals surface area contributed by atoms with Crippen LogP contribution in [0.1, 0.15) is 39.5 Å². The summed E-state index contributed by atoms with van der Waals surface area (Å²) >= 11 is 0. The molecule has 8 atom stereocenters. The van der Waals surface area contributed by atoms with Crippen LogP contribution >= 0.6 is 0 Å². The summed E-state index contributed by atoms with van der Waals surface area (Å²) < 4.78 is 0. The van der Waals surface area contributed by atoms with Gasteiger partial charge in [-0.2, -0.15) is 0 Å². The SMILES string of the molecule is C[C@]12C=CC(=O)C=C1CC[C@@H]1[C@@H]2[C@@H](O)C[C@]2(C)[C@@H]1C[C@@H](O)[C@]2(O)C(=O)CO. The number of rotatable bonds is 2. The molecule has 0 unspecified atom stereocenters. The van der Waals surface area contributed by atoms with E-state index in [1.807, 2.05) is 13.0 Å². The van der Waals surface area contributed by atoms with E-state index in [1.54, 1.807) is 19.1 Å². The van der Waals surface area contributed by atoms with E-state index >= 15 is 0 Å². The molecule has 0 heterocycles. The molecule has 6 nitrogen and oxygen atoms in total. The van der Waals surface area contributed by atoms with Gasteiger partial charge >= 0.3 is 0 Å². The van der Waals surface area contributed by atoms with Crippen LogP contribution in [0.5, 0.6) is 0 Å². The number of aliphatic hydroxyl groups is 4. The Morgan fingerprint density at radius 3 is 2.67 bits per heavy atom. The van der Waals surface area contributed by atoms with Crippen LogP contribution in [0.4, 0.5) is 0 Å². The predicted molar refractivity (Wildman–Crippen MR) is 96.4 cm³/mol. The molecule has 0 spiro atoms. The predicted octanol–water partition coefficient (Wildman–Crippen LogP) is 0.528. The van der Waals surface area contributed by atoms with E-state index in [-0.39, 0.29) is 36.4 Å². The molecule has 0 aromatic rings. The maximum absolute atomic E-state index is 12.4. The summed E-state index contributed by atoms with van der Waals surface area (Å²) in [7, 11) is 0. The fraction of sp³-hybridized carbons (Fsp3) is 0.714. The molecule has 3 saturated carbocycles. The number of aliphatic hydroxyl groups excluding tert-OH is 3. The number of carbonyl (C=O) groups is 2. The van der Waals surface area contributed by atoms with Gasteiger partial charge in [0.2, 0.25) is 0 Å². The normalized spacial score (nSPS) is 51.3. The first-order valence-corrected chi connectivity index (χ1v) is 9.76. The minimum Gasteiger partial charge on any atom is -0.393 e. The Balaban J connectivity index is 1.78. The second-order valence-corrected chi connectivity index (χ2v) is 9.31. The maximum atomic E-state index is 12.4. The van der Waals surface area contributed by atoms with Gasteiger partial charge in [0, 0.05) is 16.7 Å². The highest BCUT2D eigenvalue weighted by molar-refractivity contribution is 6.01. The number of allylic oxidation sites excluding steroid dienone is 4. The zero-order chi connectivity index (χ0) is 19.8. The van der Waals surface area contributed by atoms with Gasteiger partial charge in [-0.25, -0.2) is 0 Å². The van der Waals surface area contributed by atoms with E-state index in [2.05, 4.69) is 0 Å². The number of Topliss-reactive ketones (excluding diaryl/α,β-unsaturated/α-hetero) is 1. The molecule has 4 rings (SSSR count). The third kappa shape index (κ3) is 2.21. The van der Waals surface area contributed by atoms with Gasteiger partial charge in [0.25, 0.3) is 0 Å². The van der Waals surface area contributed by atoms with Crippen molar-refractivity contribution in [1.82, 2.24) is 0 Å². The molecule has 0 aliphatic heterocycles. The molecule has 4 aliphatic rings. The zero-order valence-electron chi connectivity index (χ0n) is 15.8. The average Bonchev–Trinajstić information content (AvgIpc) is 2.82. The van der Waals surface area contributed by atoms with Gasteiger partial charge in [0.15, 0.2) is 17.2 Å². The Hall–Kier alpha value is -1.34. The maximum Gasteiger partial charge on any atom is 0.192 e. The highest BCUT2D eigenvalue weighted by Gasteiger charge is 2.71. The molecular weight excluding hydrogens is 348 g/mol. The lowest BCUT2D eigenvalue weighted by Crippen LogP contribution is -2.63.